The molecule has 53 heavy (non-hydrogen) atoms. The van der Waals surface area contributed by atoms with Gasteiger partial charge in [-0.15, -0.1) is 0 Å². The first kappa shape index (κ1) is 36.7. The van der Waals surface area contributed by atoms with E-state index in [1.807, 2.05) is 55.5 Å². The summed E-state index contributed by atoms with van der Waals surface area (Å²) in [5.41, 5.74) is 0.575. The maximum atomic E-state index is 15.2. The van der Waals surface area contributed by atoms with Gasteiger partial charge >= 0.3 is 0 Å². The van der Waals surface area contributed by atoms with Crippen LogP contribution in [0.25, 0.3) is 0 Å². The van der Waals surface area contributed by atoms with Crippen molar-refractivity contribution in [3.8, 4) is 5.75 Å². The van der Waals surface area contributed by atoms with E-state index < -0.39 is 30.6 Å². The van der Waals surface area contributed by atoms with E-state index in [-0.39, 0.29) is 61.1 Å². The minimum atomic E-state index is -2.59. The molecule has 4 heterocycles. The van der Waals surface area contributed by atoms with Gasteiger partial charge in [0.05, 0.1) is 64.1 Å². The van der Waals surface area contributed by atoms with Gasteiger partial charge < -0.3 is 34.6 Å². The summed E-state index contributed by atoms with van der Waals surface area (Å²) in [6, 6.07) is 19.7. The number of fused-ring (bicyclic) bond motifs is 2. The predicted octanol–water partition coefficient (Wildman–Crippen LogP) is 3.68. The minimum Gasteiger partial charge on any atom is -0.497 e. The zero-order valence-electron chi connectivity index (χ0n) is 30.6. The zero-order valence-corrected chi connectivity index (χ0v) is 31.6. The number of carbonyl (C=O) groups is 3. The van der Waals surface area contributed by atoms with Crippen molar-refractivity contribution in [3.05, 3.63) is 88.0 Å². The number of aliphatic hydroxyl groups is 1. The van der Waals surface area contributed by atoms with E-state index >= 15 is 4.79 Å². The molecule has 3 saturated heterocycles. The lowest BCUT2D eigenvalue weighted by atomic mass is 9.82. The van der Waals surface area contributed by atoms with Gasteiger partial charge in [-0.05, 0) is 54.3 Å². The topological polar surface area (TPSA) is 155 Å². The number of nitro benzene ring substituents is 1. The van der Waals surface area contributed by atoms with E-state index in [9.17, 15) is 24.8 Å². The summed E-state index contributed by atoms with van der Waals surface area (Å²) in [5.74, 6) is -0.211. The maximum absolute atomic E-state index is 15.2. The van der Waals surface area contributed by atoms with E-state index in [0.29, 0.717) is 30.9 Å². The maximum Gasteiger partial charge on any atom is 0.269 e. The number of nitrogens with zero attached hydrogens (tertiary/aromatic N) is 4. The molecule has 3 aromatic rings. The largest absolute Gasteiger partial charge is 0.497 e. The van der Waals surface area contributed by atoms with E-state index in [0.717, 1.165) is 35.0 Å². The van der Waals surface area contributed by atoms with E-state index in [1.165, 1.54) is 12.1 Å². The first-order valence-electron chi connectivity index (χ1n) is 18.3. The van der Waals surface area contributed by atoms with Crippen molar-refractivity contribution in [3.63, 3.8) is 0 Å². The van der Waals surface area contributed by atoms with Crippen molar-refractivity contribution in [2.75, 3.05) is 49.7 Å². The molecule has 0 unspecified atom stereocenters. The molecule has 2 N–H and O–H groups in total. The highest BCUT2D eigenvalue weighted by Crippen LogP contribution is 2.60. The van der Waals surface area contributed by atoms with Gasteiger partial charge in [0.15, 0.2) is 5.60 Å². The number of hydrogen-bond donors (Lipinski definition) is 2. The summed E-state index contributed by atoms with van der Waals surface area (Å²) in [4.78, 5) is 58.5. The number of piperazine rings is 1. The van der Waals surface area contributed by atoms with Gasteiger partial charge in [0.25, 0.3) is 11.6 Å². The summed E-state index contributed by atoms with van der Waals surface area (Å²) in [6.07, 6.45) is 0.868. The number of anilines is 2. The van der Waals surface area contributed by atoms with Crippen LogP contribution in [0.15, 0.2) is 66.7 Å². The molecular formula is C39H47N5O8Si. The number of aliphatic hydroxyl groups excluding tert-OH is 1. The van der Waals surface area contributed by atoms with E-state index in [4.69, 9.17) is 9.47 Å². The van der Waals surface area contributed by atoms with Crippen molar-refractivity contribution in [2.24, 2.45) is 5.92 Å². The molecule has 280 valence electrons. The number of amides is 3. The molecule has 3 fully saturated rings. The molecule has 1 spiro atoms. The van der Waals surface area contributed by atoms with Gasteiger partial charge in [0.2, 0.25) is 11.8 Å². The number of nitro groups is 1. The molecule has 0 aromatic heterocycles. The fourth-order valence-electron chi connectivity index (χ4n) is 9.26. The highest BCUT2D eigenvalue weighted by atomic mass is 28.3. The molecule has 5 atom stereocenters. The molecule has 0 aliphatic carbocycles. The number of carbonyl (C=O) groups excluding carboxylic acids is 3. The highest BCUT2D eigenvalue weighted by molar-refractivity contribution is 6.91. The molecule has 3 aromatic carbocycles. The smallest absolute Gasteiger partial charge is 0.269 e. The lowest BCUT2D eigenvalue weighted by Crippen LogP contribution is -2.52. The Morgan fingerprint density at radius 1 is 1.09 bits per heavy atom. The van der Waals surface area contributed by atoms with Gasteiger partial charge in [-0.3, -0.25) is 24.5 Å². The standard InChI is InChI=1S/C39H47N5O8Si/c1-25-37(53(3,4)31-14-12-30(51-2)13-15-31)34(21-35(46)41-18-5-6-29(41)24-45)52-39(25)32-20-28(44(49)50)11-16-33(32)43(38(39)48)23-26-7-9-27(10-8-26)42-19-17-40-22-36(42)47/h7-16,20,25,29,34,37,40,45H,5-6,17-19,21-24H2,1-4H3/t25-,29-,34+,37-,39+/m0/s1. The quantitative estimate of drug-likeness (QED) is 0.180. The van der Waals surface area contributed by atoms with Crippen LogP contribution < -0.4 is 25.0 Å². The summed E-state index contributed by atoms with van der Waals surface area (Å²) >= 11 is 0. The second-order valence-corrected chi connectivity index (χ2v) is 19.9. The van der Waals surface area contributed by atoms with Crippen LogP contribution in [0.2, 0.25) is 18.6 Å². The Balaban J connectivity index is 1.29. The number of hydrogen-bond acceptors (Lipinski definition) is 9. The van der Waals surface area contributed by atoms with Crippen molar-refractivity contribution in [2.45, 2.75) is 69.1 Å². The minimum absolute atomic E-state index is 0.0103. The molecule has 0 bridgehead atoms. The number of likely N-dealkylation sites (tertiary alicyclic amines) is 1. The van der Waals surface area contributed by atoms with Gasteiger partial charge in [-0.2, -0.15) is 0 Å². The van der Waals surface area contributed by atoms with Crippen molar-refractivity contribution < 1.29 is 33.9 Å². The Morgan fingerprint density at radius 2 is 1.83 bits per heavy atom. The molecule has 14 heteroatoms. The number of ether oxygens (including phenoxy) is 2. The Kier molecular flexibility index (Phi) is 9.91. The Hall–Kier alpha value is -4.63. The third kappa shape index (κ3) is 6.30. The number of non-ortho nitro benzene ring substituents is 1. The number of benzene rings is 3. The van der Waals surface area contributed by atoms with Crippen molar-refractivity contribution in [1.29, 1.82) is 0 Å². The van der Waals surface area contributed by atoms with E-state index in [1.54, 1.807) is 27.9 Å². The SMILES string of the molecule is COc1ccc([Si](C)(C)[C@@H]2[C@@H](CC(=O)N3CCC[C@H]3CO)O[C@]3(C(=O)N(Cc4ccc(N5CCNCC5=O)cc4)c4ccc([N+](=O)[O-])cc43)[C@H]2C)cc1. The van der Waals surface area contributed by atoms with Crippen molar-refractivity contribution >= 4 is 48.0 Å². The third-order valence-corrected chi connectivity index (χ3v) is 16.4. The van der Waals surface area contributed by atoms with Crippen LogP contribution in [-0.2, 0) is 31.3 Å². The van der Waals surface area contributed by atoms with Gasteiger partial charge in [-0.25, -0.2) is 0 Å². The average Bonchev–Trinajstić information content (AvgIpc) is 3.82. The van der Waals surface area contributed by atoms with Crippen LogP contribution in [0.5, 0.6) is 5.75 Å². The van der Waals surface area contributed by atoms with Gasteiger partial charge in [0, 0.05) is 48.9 Å². The predicted molar refractivity (Wildman–Crippen MR) is 202 cm³/mol. The normalized spacial score (nSPS) is 25.7. The summed E-state index contributed by atoms with van der Waals surface area (Å²) in [5, 5.41) is 26.4. The van der Waals surface area contributed by atoms with Crippen LogP contribution in [0, 0.1) is 16.0 Å². The monoisotopic (exact) mass is 741 g/mol. The van der Waals surface area contributed by atoms with Crippen LogP contribution in [0.3, 0.4) is 0 Å². The lowest BCUT2D eigenvalue weighted by Gasteiger charge is -2.37. The number of methoxy groups -OCH3 is 1. The van der Waals surface area contributed by atoms with Crippen molar-refractivity contribution in [1.82, 2.24) is 10.2 Å². The Morgan fingerprint density at radius 3 is 2.49 bits per heavy atom. The first-order valence-corrected chi connectivity index (χ1v) is 21.4. The second kappa shape index (κ2) is 14.3. The van der Waals surface area contributed by atoms with Crippen LogP contribution >= 0.6 is 0 Å². The lowest BCUT2D eigenvalue weighted by molar-refractivity contribution is -0.385. The highest BCUT2D eigenvalue weighted by Gasteiger charge is 2.67. The molecule has 3 amide bonds. The fraction of sp³-hybridized carbons (Fsp3) is 0.462. The van der Waals surface area contributed by atoms with Crippen LogP contribution in [0.1, 0.15) is 37.3 Å². The number of rotatable bonds is 10. The summed E-state index contributed by atoms with van der Waals surface area (Å²) < 4.78 is 12.5. The van der Waals surface area contributed by atoms with Crippen LogP contribution in [0.4, 0.5) is 17.1 Å². The molecule has 0 saturated carbocycles. The molecule has 0 radical (unpaired) electrons. The second-order valence-electron chi connectivity index (χ2n) is 15.2. The number of nitrogens with one attached hydrogen (secondary N) is 1. The van der Waals surface area contributed by atoms with Gasteiger partial charge in [-0.1, -0.05) is 49.5 Å². The molecule has 4 aliphatic heterocycles. The Bertz CT molecular complexity index is 1910. The molecule has 4 aliphatic rings. The fourth-order valence-corrected chi connectivity index (χ4v) is 13.3. The zero-order chi connectivity index (χ0) is 37.7. The molecule has 13 nitrogen and oxygen atoms in total. The first-order chi connectivity index (χ1) is 25.4. The van der Waals surface area contributed by atoms with E-state index in [2.05, 4.69) is 18.4 Å². The third-order valence-electron chi connectivity index (χ3n) is 12.0. The molecular weight excluding hydrogens is 695 g/mol. The Labute approximate surface area is 310 Å². The molecule has 7 rings (SSSR count). The summed E-state index contributed by atoms with van der Waals surface area (Å²) in [6.45, 7) is 8.57. The van der Waals surface area contributed by atoms with Gasteiger partial charge in [0.1, 0.15) is 5.75 Å². The summed E-state index contributed by atoms with van der Waals surface area (Å²) in [7, 11) is -0.972. The van der Waals surface area contributed by atoms with Crippen LogP contribution in [-0.4, -0.2) is 92.8 Å². The average molecular weight is 742 g/mol.